The molecule has 1 heterocycles. The Labute approximate surface area is 152 Å². The van der Waals surface area contributed by atoms with Crippen molar-refractivity contribution in [2.45, 2.75) is 38.8 Å². The van der Waals surface area contributed by atoms with E-state index in [9.17, 15) is 4.79 Å². The van der Waals surface area contributed by atoms with Crippen molar-refractivity contribution in [3.8, 4) is 5.75 Å². The van der Waals surface area contributed by atoms with Crippen molar-refractivity contribution in [3.63, 3.8) is 0 Å². The summed E-state index contributed by atoms with van der Waals surface area (Å²) in [5.74, 6) is 1.72. The number of carbonyl (C=O) groups is 1. The molecule has 1 aliphatic heterocycles. The van der Waals surface area contributed by atoms with Crippen LogP contribution in [0.25, 0.3) is 0 Å². The highest BCUT2D eigenvalue weighted by Gasteiger charge is 2.26. The van der Waals surface area contributed by atoms with Crippen molar-refractivity contribution in [2.24, 2.45) is 5.92 Å². The van der Waals surface area contributed by atoms with E-state index in [1.807, 2.05) is 31.2 Å². The van der Waals surface area contributed by atoms with Gasteiger partial charge in [0, 0.05) is 6.54 Å². The predicted molar refractivity (Wildman–Crippen MR) is 102 cm³/mol. The minimum atomic E-state index is -0.0691. The minimum absolute atomic E-state index is 0.0691. The summed E-state index contributed by atoms with van der Waals surface area (Å²) in [5.41, 5.74) is 1.06. The van der Waals surface area contributed by atoms with Gasteiger partial charge in [0.2, 0.25) is 5.91 Å². The molecule has 1 aromatic carbocycles. The molecule has 25 heavy (non-hydrogen) atoms. The molecule has 1 amide bonds. The Morgan fingerprint density at radius 1 is 1.36 bits per heavy atom. The molecule has 0 aromatic heterocycles. The number of ether oxygens (including phenoxy) is 1. The molecule has 0 saturated carbocycles. The maximum atomic E-state index is 12.5. The van der Waals surface area contributed by atoms with Crippen LogP contribution in [0.15, 0.2) is 24.3 Å². The molecule has 0 radical (unpaired) electrons. The van der Waals surface area contributed by atoms with Crippen LogP contribution in [-0.2, 0) is 11.3 Å². The van der Waals surface area contributed by atoms with Gasteiger partial charge in [-0.15, -0.1) is 0 Å². The number of carbonyl (C=O) groups excluding carboxylic acids is 1. The summed E-state index contributed by atoms with van der Waals surface area (Å²) in [4.78, 5) is 17.0. The third-order valence-electron chi connectivity index (χ3n) is 5.16. The second-order valence-electron chi connectivity index (χ2n) is 7.32. The summed E-state index contributed by atoms with van der Waals surface area (Å²) in [5, 5.41) is 3.06. The van der Waals surface area contributed by atoms with Crippen LogP contribution in [0.4, 0.5) is 0 Å². The Balaban J connectivity index is 1.74. The highest BCUT2D eigenvalue weighted by Crippen LogP contribution is 2.22. The predicted octanol–water partition coefficient (Wildman–Crippen LogP) is 2.36. The Hall–Kier alpha value is -1.59. The van der Waals surface area contributed by atoms with E-state index in [2.05, 4.69) is 29.2 Å². The second kappa shape index (κ2) is 9.78. The lowest BCUT2D eigenvalue weighted by Crippen LogP contribution is -2.48. The van der Waals surface area contributed by atoms with Crippen LogP contribution in [0.1, 0.15) is 31.7 Å². The lowest BCUT2D eigenvalue weighted by molar-refractivity contribution is -0.126. The van der Waals surface area contributed by atoms with Gasteiger partial charge in [0.25, 0.3) is 0 Å². The number of hydrogen-bond acceptors (Lipinski definition) is 4. The summed E-state index contributed by atoms with van der Waals surface area (Å²) < 4.78 is 5.22. The van der Waals surface area contributed by atoms with Gasteiger partial charge in [-0.1, -0.05) is 12.1 Å². The summed E-state index contributed by atoms with van der Waals surface area (Å²) in [6.07, 6.45) is 3.65. The number of rotatable bonds is 8. The van der Waals surface area contributed by atoms with Crippen LogP contribution in [0.5, 0.6) is 5.75 Å². The first-order valence-corrected chi connectivity index (χ1v) is 9.29. The van der Waals surface area contributed by atoms with Gasteiger partial charge < -0.3 is 15.0 Å². The molecule has 5 nitrogen and oxygen atoms in total. The van der Waals surface area contributed by atoms with E-state index in [1.54, 1.807) is 7.11 Å². The van der Waals surface area contributed by atoms with Crippen LogP contribution in [0, 0.1) is 5.92 Å². The summed E-state index contributed by atoms with van der Waals surface area (Å²) in [6, 6.07) is 7.75. The molecule has 2 rings (SSSR count). The lowest BCUT2D eigenvalue weighted by atomic mass is 9.92. The fourth-order valence-corrected chi connectivity index (χ4v) is 3.35. The Bertz CT molecular complexity index is 539. The van der Waals surface area contributed by atoms with Gasteiger partial charge in [-0.05, 0) is 83.5 Å². The van der Waals surface area contributed by atoms with E-state index in [4.69, 9.17) is 4.74 Å². The SMILES string of the molecule is COc1cccc(CNC(=O)[C@H](C)N2CCC(CCN(C)C)CC2)c1. The van der Waals surface area contributed by atoms with E-state index in [0.29, 0.717) is 6.54 Å². The van der Waals surface area contributed by atoms with Crippen molar-refractivity contribution in [1.82, 2.24) is 15.1 Å². The number of hydrogen-bond donors (Lipinski definition) is 1. The first-order chi connectivity index (χ1) is 12.0. The van der Waals surface area contributed by atoms with E-state index in [-0.39, 0.29) is 11.9 Å². The number of methoxy groups -OCH3 is 1. The first-order valence-electron chi connectivity index (χ1n) is 9.29. The number of benzene rings is 1. The summed E-state index contributed by atoms with van der Waals surface area (Å²) >= 11 is 0. The zero-order valence-corrected chi connectivity index (χ0v) is 16.1. The maximum absolute atomic E-state index is 12.5. The van der Waals surface area contributed by atoms with E-state index < -0.39 is 0 Å². The van der Waals surface area contributed by atoms with Crippen LogP contribution in [0.2, 0.25) is 0 Å². The van der Waals surface area contributed by atoms with E-state index in [1.165, 1.54) is 19.3 Å². The van der Waals surface area contributed by atoms with Crippen LogP contribution < -0.4 is 10.1 Å². The van der Waals surface area contributed by atoms with Crippen LogP contribution >= 0.6 is 0 Å². The number of likely N-dealkylation sites (tertiary alicyclic amines) is 1. The number of amides is 1. The van der Waals surface area contributed by atoms with Gasteiger partial charge in [0.1, 0.15) is 5.75 Å². The Kier molecular flexibility index (Phi) is 7.72. The molecular formula is C20H33N3O2. The van der Waals surface area contributed by atoms with Gasteiger partial charge in [0.05, 0.1) is 13.2 Å². The Morgan fingerprint density at radius 3 is 2.72 bits per heavy atom. The monoisotopic (exact) mass is 347 g/mol. The molecule has 0 bridgehead atoms. The van der Waals surface area contributed by atoms with Gasteiger partial charge >= 0.3 is 0 Å². The molecule has 0 unspecified atom stereocenters. The standard InChI is InChI=1S/C20H33N3O2/c1-16(23-12-9-17(10-13-23)8-11-22(2)3)20(24)21-15-18-6-5-7-19(14-18)25-4/h5-7,14,16-17H,8-13,15H2,1-4H3,(H,21,24)/t16-/m0/s1. The van der Waals surface area contributed by atoms with Crippen molar-refractivity contribution >= 4 is 5.91 Å². The highest BCUT2D eigenvalue weighted by atomic mass is 16.5. The smallest absolute Gasteiger partial charge is 0.237 e. The maximum Gasteiger partial charge on any atom is 0.237 e. The normalized spacial score (nSPS) is 17.5. The molecule has 0 aliphatic carbocycles. The first kappa shape index (κ1) is 19.7. The van der Waals surface area contributed by atoms with Gasteiger partial charge in [0.15, 0.2) is 0 Å². The van der Waals surface area contributed by atoms with Gasteiger partial charge in [-0.3, -0.25) is 9.69 Å². The number of nitrogens with one attached hydrogen (secondary N) is 1. The average Bonchev–Trinajstić information content (AvgIpc) is 2.64. The molecule has 1 N–H and O–H groups in total. The molecule has 1 aliphatic rings. The third kappa shape index (κ3) is 6.33. The van der Waals surface area contributed by atoms with Crippen molar-refractivity contribution in [1.29, 1.82) is 0 Å². The second-order valence-corrected chi connectivity index (χ2v) is 7.32. The molecule has 1 fully saturated rings. The molecule has 1 aromatic rings. The number of piperidine rings is 1. The zero-order chi connectivity index (χ0) is 18.2. The topological polar surface area (TPSA) is 44.8 Å². The van der Waals surface area contributed by atoms with Crippen molar-refractivity contribution in [3.05, 3.63) is 29.8 Å². The fraction of sp³-hybridized carbons (Fsp3) is 0.650. The molecule has 1 atom stereocenters. The molecule has 5 heteroatoms. The Morgan fingerprint density at radius 2 is 2.08 bits per heavy atom. The van der Waals surface area contributed by atoms with E-state index >= 15 is 0 Å². The van der Waals surface area contributed by atoms with E-state index in [0.717, 1.165) is 36.9 Å². The fourth-order valence-electron chi connectivity index (χ4n) is 3.35. The van der Waals surface area contributed by atoms with Crippen LogP contribution in [0.3, 0.4) is 0 Å². The lowest BCUT2D eigenvalue weighted by Gasteiger charge is -2.35. The largest absolute Gasteiger partial charge is 0.497 e. The minimum Gasteiger partial charge on any atom is -0.497 e. The molecule has 1 saturated heterocycles. The third-order valence-corrected chi connectivity index (χ3v) is 5.16. The summed E-state index contributed by atoms with van der Waals surface area (Å²) in [6.45, 7) is 5.75. The quantitative estimate of drug-likeness (QED) is 0.784. The number of nitrogens with zero attached hydrogens (tertiary/aromatic N) is 2. The zero-order valence-electron chi connectivity index (χ0n) is 16.1. The van der Waals surface area contributed by atoms with Gasteiger partial charge in [-0.2, -0.15) is 0 Å². The molecule has 140 valence electrons. The average molecular weight is 348 g/mol. The molecular weight excluding hydrogens is 314 g/mol. The molecule has 0 spiro atoms. The van der Waals surface area contributed by atoms with Gasteiger partial charge in [-0.25, -0.2) is 0 Å². The van der Waals surface area contributed by atoms with Crippen molar-refractivity contribution < 1.29 is 9.53 Å². The van der Waals surface area contributed by atoms with Crippen molar-refractivity contribution in [2.75, 3.05) is 40.8 Å². The summed E-state index contributed by atoms with van der Waals surface area (Å²) in [7, 11) is 5.91. The highest BCUT2D eigenvalue weighted by molar-refractivity contribution is 5.81. The van der Waals surface area contributed by atoms with Crippen LogP contribution in [-0.4, -0.2) is 62.6 Å².